The number of unbranched alkanes of at least 4 members (excludes halogenated alkanes) is 1. The minimum Gasteiger partial charge on any atom is -0.389 e. The predicted octanol–water partition coefficient (Wildman–Crippen LogP) is 2.77. The van der Waals surface area contributed by atoms with Crippen molar-refractivity contribution < 1.29 is 5.11 Å². The lowest BCUT2D eigenvalue weighted by atomic mass is 9.84. The molecule has 0 bridgehead atoms. The van der Waals surface area contributed by atoms with Crippen molar-refractivity contribution in [1.29, 1.82) is 0 Å². The molecular weight excluding hydrogens is 236 g/mol. The van der Waals surface area contributed by atoms with Gasteiger partial charge in [0.1, 0.15) is 0 Å². The molecule has 0 heterocycles. The van der Waals surface area contributed by atoms with Crippen molar-refractivity contribution in [1.82, 2.24) is 4.90 Å². The first-order chi connectivity index (χ1) is 8.98. The molecule has 0 aromatic rings. The van der Waals surface area contributed by atoms with E-state index in [1.807, 2.05) is 6.92 Å². The Hall–Kier alpha value is -0.120. The molecular formula is C16H34N2O. The van der Waals surface area contributed by atoms with E-state index in [9.17, 15) is 5.11 Å². The van der Waals surface area contributed by atoms with Gasteiger partial charge >= 0.3 is 0 Å². The third-order valence-corrected chi connectivity index (χ3v) is 4.93. The highest BCUT2D eigenvalue weighted by molar-refractivity contribution is 4.78. The number of nitrogens with zero attached hydrogens (tertiary/aromatic N) is 1. The van der Waals surface area contributed by atoms with E-state index in [0.29, 0.717) is 6.54 Å². The Bertz CT molecular complexity index is 235. The van der Waals surface area contributed by atoms with Crippen molar-refractivity contribution >= 4 is 0 Å². The minimum absolute atomic E-state index is 0.365. The second-order valence-corrected chi connectivity index (χ2v) is 6.72. The summed E-state index contributed by atoms with van der Waals surface area (Å²) in [5.74, 6) is 0.976. The van der Waals surface area contributed by atoms with E-state index in [1.54, 1.807) is 0 Å². The van der Waals surface area contributed by atoms with E-state index in [4.69, 9.17) is 5.73 Å². The van der Waals surface area contributed by atoms with Gasteiger partial charge in [0.25, 0.3) is 0 Å². The van der Waals surface area contributed by atoms with Gasteiger partial charge < -0.3 is 15.7 Å². The molecule has 0 radical (unpaired) electrons. The van der Waals surface area contributed by atoms with E-state index < -0.39 is 5.60 Å². The molecule has 0 aromatic heterocycles. The van der Waals surface area contributed by atoms with E-state index >= 15 is 0 Å². The zero-order chi connectivity index (χ0) is 14.3. The Morgan fingerprint density at radius 3 is 2.37 bits per heavy atom. The van der Waals surface area contributed by atoms with E-state index in [2.05, 4.69) is 18.9 Å². The van der Waals surface area contributed by atoms with Crippen molar-refractivity contribution in [3.05, 3.63) is 0 Å². The van der Waals surface area contributed by atoms with Crippen LogP contribution in [-0.4, -0.2) is 41.8 Å². The standard InChI is InChI=1S/C16H34N2O/c1-4-14-7-9-15(10-8-14)18(3)12-6-5-11-16(2,19)13-17/h14-15,19H,4-13,17H2,1-3H3. The Labute approximate surface area is 119 Å². The van der Waals surface area contributed by atoms with Gasteiger partial charge in [0.15, 0.2) is 0 Å². The van der Waals surface area contributed by atoms with Crippen LogP contribution in [0.25, 0.3) is 0 Å². The van der Waals surface area contributed by atoms with Crippen LogP contribution in [0.3, 0.4) is 0 Å². The molecule has 0 aliphatic heterocycles. The molecule has 1 aliphatic carbocycles. The van der Waals surface area contributed by atoms with Gasteiger partial charge in [-0.05, 0) is 71.4 Å². The monoisotopic (exact) mass is 270 g/mol. The molecule has 3 N–H and O–H groups in total. The fourth-order valence-electron chi connectivity index (χ4n) is 3.15. The highest BCUT2D eigenvalue weighted by Gasteiger charge is 2.23. The largest absolute Gasteiger partial charge is 0.389 e. The molecule has 3 heteroatoms. The first-order valence-corrected chi connectivity index (χ1v) is 8.11. The molecule has 1 atom stereocenters. The van der Waals surface area contributed by atoms with Crippen LogP contribution >= 0.6 is 0 Å². The van der Waals surface area contributed by atoms with Crippen LogP contribution in [-0.2, 0) is 0 Å². The second-order valence-electron chi connectivity index (χ2n) is 6.72. The predicted molar refractivity (Wildman–Crippen MR) is 82.2 cm³/mol. The van der Waals surface area contributed by atoms with Gasteiger partial charge in [-0.2, -0.15) is 0 Å². The van der Waals surface area contributed by atoms with Gasteiger partial charge in [-0.15, -0.1) is 0 Å². The fourth-order valence-corrected chi connectivity index (χ4v) is 3.15. The molecule has 19 heavy (non-hydrogen) atoms. The lowest BCUT2D eigenvalue weighted by molar-refractivity contribution is 0.0557. The lowest BCUT2D eigenvalue weighted by Gasteiger charge is -2.34. The quantitative estimate of drug-likeness (QED) is 0.667. The fraction of sp³-hybridized carbons (Fsp3) is 1.00. The molecule has 0 saturated heterocycles. The average molecular weight is 270 g/mol. The Morgan fingerprint density at radius 1 is 1.21 bits per heavy atom. The van der Waals surface area contributed by atoms with E-state index in [-0.39, 0.29) is 0 Å². The van der Waals surface area contributed by atoms with Crippen LogP contribution in [0.15, 0.2) is 0 Å². The SMILES string of the molecule is CCC1CCC(N(C)CCCCC(C)(O)CN)CC1. The van der Waals surface area contributed by atoms with E-state index in [0.717, 1.165) is 31.3 Å². The maximum Gasteiger partial charge on any atom is 0.0741 e. The molecule has 1 rings (SSSR count). The normalized spacial score (nSPS) is 27.5. The van der Waals surface area contributed by atoms with Crippen LogP contribution in [0.5, 0.6) is 0 Å². The highest BCUT2D eigenvalue weighted by Crippen LogP contribution is 2.29. The Balaban J connectivity index is 2.13. The van der Waals surface area contributed by atoms with Crippen LogP contribution < -0.4 is 5.73 Å². The zero-order valence-corrected chi connectivity index (χ0v) is 13.2. The third kappa shape index (κ3) is 6.24. The van der Waals surface area contributed by atoms with Gasteiger partial charge in [-0.25, -0.2) is 0 Å². The third-order valence-electron chi connectivity index (χ3n) is 4.93. The first-order valence-electron chi connectivity index (χ1n) is 8.11. The number of aliphatic hydroxyl groups is 1. The van der Waals surface area contributed by atoms with E-state index in [1.165, 1.54) is 38.5 Å². The van der Waals surface area contributed by atoms with Crippen molar-refractivity contribution in [2.45, 2.75) is 76.9 Å². The summed E-state index contributed by atoms with van der Waals surface area (Å²) in [4.78, 5) is 2.53. The molecule has 3 nitrogen and oxygen atoms in total. The molecule has 1 fully saturated rings. The maximum atomic E-state index is 9.85. The van der Waals surface area contributed by atoms with Gasteiger partial charge in [-0.3, -0.25) is 0 Å². The summed E-state index contributed by atoms with van der Waals surface area (Å²) in [6.07, 6.45) is 9.97. The van der Waals surface area contributed by atoms with Gasteiger partial charge in [0, 0.05) is 12.6 Å². The molecule has 1 saturated carbocycles. The molecule has 0 spiro atoms. The molecule has 1 aliphatic rings. The summed E-state index contributed by atoms with van der Waals surface area (Å²) in [6, 6.07) is 0.790. The number of hydrogen-bond donors (Lipinski definition) is 2. The summed E-state index contributed by atoms with van der Waals surface area (Å²) < 4.78 is 0. The zero-order valence-electron chi connectivity index (χ0n) is 13.2. The van der Waals surface area contributed by atoms with Crippen molar-refractivity contribution in [3.63, 3.8) is 0 Å². The summed E-state index contributed by atoms with van der Waals surface area (Å²) in [6.45, 7) is 5.67. The smallest absolute Gasteiger partial charge is 0.0741 e. The Morgan fingerprint density at radius 2 is 1.84 bits per heavy atom. The molecule has 114 valence electrons. The summed E-state index contributed by atoms with van der Waals surface area (Å²) >= 11 is 0. The van der Waals surface area contributed by atoms with Gasteiger partial charge in [0.2, 0.25) is 0 Å². The highest BCUT2D eigenvalue weighted by atomic mass is 16.3. The van der Waals surface area contributed by atoms with Crippen LogP contribution in [0.2, 0.25) is 0 Å². The summed E-state index contributed by atoms with van der Waals surface area (Å²) in [5, 5.41) is 9.85. The van der Waals surface area contributed by atoms with Crippen molar-refractivity contribution in [2.24, 2.45) is 11.7 Å². The summed E-state index contributed by atoms with van der Waals surface area (Å²) in [5.41, 5.74) is 4.86. The van der Waals surface area contributed by atoms with Gasteiger partial charge in [-0.1, -0.05) is 13.3 Å². The lowest BCUT2D eigenvalue weighted by Crippen LogP contribution is -2.36. The van der Waals surface area contributed by atoms with Crippen molar-refractivity contribution in [2.75, 3.05) is 20.1 Å². The number of nitrogens with two attached hydrogens (primary N) is 1. The topological polar surface area (TPSA) is 49.5 Å². The minimum atomic E-state index is -0.669. The van der Waals surface area contributed by atoms with Crippen LogP contribution in [0.1, 0.15) is 65.2 Å². The maximum absolute atomic E-state index is 9.85. The molecule has 1 unspecified atom stereocenters. The number of rotatable bonds is 8. The molecule has 0 aromatic carbocycles. The van der Waals surface area contributed by atoms with Crippen LogP contribution in [0, 0.1) is 5.92 Å². The Kier molecular flexibility index (Phi) is 7.33. The average Bonchev–Trinajstić information content (AvgIpc) is 2.43. The van der Waals surface area contributed by atoms with Gasteiger partial charge in [0.05, 0.1) is 5.60 Å². The second kappa shape index (κ2) is 8.23. The van der Waals surface area contributed by atoms with Crippen LogP contribution in [0.4, 0.5) is 0 Å². The van der Waals surface area contributed by atoms with Crippen molar-refractivity contribution in [3.8, 4) is 0 Å². The summed E-state index contributed by atoms with van der Waals surface area (Å²) in [7, 11) is 2.26. The molecule has 0 amide bonds. The first kappa shape index (κ1) is 16.9. The number of hydrogen-bond acceptors (Lipinski definition) is 3.